The highest BCUT2D eigenvalue weighted by atomic mass is 16.7. The molecule has 1 saturated carbocycles. The summed E-state index contributed by atoms with van der Waals surface area (Å²) in [7, 11) is 0. The van der Waals surface area contributed by atoms with E-state index >= 15 is 0 Å². The molecular formula is C22H26N2O8. The quantitative estimate of drug-likeness (QED) is 0.278. The largest absolute Gasteiger partial charge is 0.465 e. The summed E-state index contributed by atoms with van der Waals surface area (Å²) in [6.45, 7) is 0.648. The lowest BCUT2D eigenvalue weighted by atomic mass is 9.82. The van der Waals surface area contributed by atoms with Gasteiger partial charge in [-0.1, -0.05) is 5.06 Å². The normalized spacial score (nSPS) is 22.8. The molecule has 0 saturated heterocycles. The lowest BCUT2D eigenvalue weighted by Crippen LogP contribution is -2.36. The van der Waals surface area contributed by atoms with Gasteiger partial charge in [0.2, 0.25) is 0 Å². The predicted octanol–water partition coefficient (Wildman–Crippen LogP) is 1.20. The van der Waals surface area contributed by atoms with Crippen LogP contribution in [-0.4, -0.2) is 58.7 Å². The van der Waals surface area contributed by atoms with Crippen molar-refractivity contribution in [3.63, 3.8) is 0 Å². The summed E-state index contributed by atoms with van der Waals surface area (Å²) in [4.78, 5) is 75.8. The van der Waals surface area contributed by atoms with Gasteiger partial charge in [-0.3, -0.25) is 28.9 Å². The number of hydroxylamine groups is 2. The molecule has 10 nitrogen and oxygen atoms in total. The SMILES string of the molecule is O=C(CCCCCOC(=O)C1CCC(CN2C(=O)C=CC2=O)CC1)ON1C(=O)C=CC1=O. The van der Waals surface area contributed by atoms with Crippen LogP contribution in [0.4, 0.5) is 0 Å². The molecule has 0 unspecified atom stereocenters. The molecule has 1 aliphatic carbocycles. The third-order valence-corrected chi connectivity index (χ3v) is 5.75. The van der Waals surface area contributed by atoms with Gasteiger partial charge in [0.25, 0.3) is 23.6 Å². The van der Waals surface area contributed by atoms with Crippen LogP contribution in [0.3, 0.4) is 0 Å². The van der Waals surface area contributed by atoms with E-state index in [1.165, 1.54) is 17.1 Å². The molecule has 2 heterocycles. The van der Waals surface area contributed by atoms with Crippen LogP contribution in [0.25, 0.3) is 0 Å². The van der Waals surface area contributed by atoms with Crippen LogP contribution in [0.5, 0.6) is 0 Å². The third kappa shape index (κ3) is 6.12. The second-order valence-corrected chi connectivity index (χ2v) is 8.08. The van der Waals surface area contributed by atoms with E-state index in [2.05, 4.69) is 0 Å². The molecule has 0 N–H and O–H groups in total. The fourth-order valence-electron chi connectivity index (χ4n) is 3.91. The van der Waals surface area contributed by atoms with E-state index in [4.69, 9.17) is 9.57 Å². The fourth-order valence-corrected chi connectivity index (χ4v) is 3.91. The molecule has 1 fully saturated rings. The molecule has 0 aromatic heterocycles. The molecule has 0 aromatic carbocycles. The van der Waals surface area contributed by atoms with E-state index < -0.39 is 17.8 Å². The average Bonchev–Trinajstić information content (AvgIpc) is 3.26. The van der Waals surface area contributed by atoms with Gasteiger partial charge in [0.05, 0.1) is 12.5 Å². The molecule has 0 aromatic rings. The van der Waals surface area contributed by atoms with Crippen LogP contribution < -0.4 is 0 Å². The van der Waals surface area contributed by atoms with Crippen molar-refractivity contribution in [3.8, 4) is 0 Å². The Morgan fingerprint density at radius 2 is 1.41 bits per heavy atom. The van der Waals surface area contributed by atoms with Gasteiger partial charge in [0.15, 0.2) is 0 Å². The Bertz CT molecular complexity index is 818. The van der Waals surface area contributed by atoms with Crippen LogP contribution >= 0.6 is 0 Å². The van der Waals surface area contributed by atoms with Gasteiger partial charge < -0.3 is 9.57 Å². The topological polar surface area (TPSA) is 127 Å². The first-order valence-electron chi connectivity index (χ1n) is 10.8. The predicted molar refractivity (Wildman–Crippen MR) is 108 cm³/mol. The summed E-state index contributed by atoms with van der Waals surface area (Å²) < 4.78 is 5.34. The van der Waals surface area contributed by atoms with Crippen molar-refractivity contribution >= 4 is 35.6 Å². The Kier molecular flexibility index (Phi) is 7.91. The standard InChI is InChI=1S/C22H26N2O8/c25-17-9-10-18(26)23(17)14-15-5-7-16(8-6-15)22(30)31-13-3-1-2-4-21(29)32-24-19(27)11-12-20(24)28/h9-12,15-16H,1-8,13-14H2. The van der Waals surface area contributed by atoms with Crippen LogP contribution in [0.15, 0.2) is 24.3 Å². The zero-order valence-electron chi connectivity index (χ0n) is 17.7. The van der Waals surface area contributed by atoms with Crippen molar-refractivity contribution in [2.45, 2.75) is 51.4 Å². The Morgan fingerprint density at radius 3 is 2.03 bits per heavy atom. The number of rotatable bonds is 10. The number of nitrogens with zero attached hydrogens (tertiary/aromatic N) is 2. The van der Waals surface area contributed by atoms with E-state index in [1.807, 2.05) is 0 Å². The maximum absolute atomic E-state index is 12.2. The van der Waals surface area contributed by atoms with Crippen molar-refractivity contribution in [3.05, 3.63) is 24.3 Å². The lowest BCUT2D eigenvalue weighted by Gasteiger charge is -2.29. The van der Waals surface area contributed by atoms with Crippen molar-refractivity contribution in [2.24, 2.45) is 11.8 Å². The van der Waals surface area contributed by atoms with E-state index in [0.717, 1.165) is 25.0 Å². The van der Waals surface area contributed by atoms with Gasteiger partial charge in [-0.25, -0.2) is 4.79 Å². The molecule has 32 heavy (non-hydrogen) atoms. The van der Waals surface area contributed by atoms with Crippen molar-refractivity contribution in [1.82, 2.24) is 9.96 Å². The minimum Gasteiger partial charge on any atom is -0.465 e. The molecule has 2 aliphatic heterocycles. The Labute approximate surface area is 185 Å². The second kappa shape index (κ2) is 10.8. The molecule has 3 aliphatic rings. The molecule has 172 valence electrons. The number of carbonyl (C=O) groups excluding carboxylic acids is 6. The minimum atomic E-state index is -0.681. The number of ether oxygens (including phenoxy) is 1. The highest BCUT2D eigenvalue weighted by Gasteiger charge is 2.32. The number of unbranched alkanes of at least 4 members (excludes halogenated alkanes) is 2. The fraction of sp³-hybridized carbons (Fsp3) is 0.545. The minimum absolute atomic E-state index is 0.0482. The number of amides is 4. The van der Waals surface area contributed by atoms with Crippen molar-refractivity contribution < 1.29 is 38.3 Å². The summed E-state index contributed by atoms with van der Waals surface area (Å²) in [5.74, 6) is -2.80. The monoisotopic (exact) mass is 446 g/mol. The first-order chi connectivity index (χ1) is 15.3. The first-order valence-corrected chi connectivity index (χ1v) is 10.8. The molecule has 0 spiro atoms. The first kappa shape index (κ1) is 23.4. The van der Waals surface area contributed by atoms with Gasteiger partial charge in [-0.15, -0.1) is 0 Å². The van der Waals surface area contributed by atoms with Crippen LogP contribution in [-0.2, 0) is 38.3 Å². The second-order valence-electron chi connectivity index (χ2n) is 8.08. The van der Waals surface area contributed by atoms with Gasteiger partial charge in [-0.05, 0) is 50.9 Å². The van der Waals surface area contributed by atoms with E-state index in [0.29, 0.717) is 43.7 Å². The Morgan fingerprint density at radius 1 is 0.812 bits per heavy atom. The van der Waals surface area contributed by atoms with Crippen molar-refractivity contribution in [1.29, 1.82) is 0 Å². The lowest BCUT2D eigenvalue weighted by molar-refractivity contribution is -0.196. The Balaban J connectivity index is 1.22. The third-order valence-electron chi connectivity index (χ3n) is 5.75. The van der Waals surface area contributed by atoms with Gasteiger partial charge in [-0.2, -0.15) is 0 Å². The van der Waals surface area contributed by atoms with Crippen molar-refractivity contribution in [2.75, 3.05) is 13.2 Å². The highest BCUT2D eigenvalue weighted by Crippen LogP contribution is 2.30. The number of imide groups is 2. The van der Waals surface area contributed by atoms with Crippen LogP contribution in [0.1, 0.15) is 51.4 Å². The molecule has 0 bridgehead atoms. The van der Waals surface area contributed by atoms with E-state index in [9.17, 15) is 28.8 Å². The molecule has 0 atom stereocenters. The van der Waals surface area contributed by atoms with E-state index in [-0.39, 0.29) is 42.6 Å². The number of hydrogen-bond donors (Lipinski definition) is 0. The number of carbonyl (C=O) groups is 6. The molecule has 10 heteroatoms. The van der Waals surface area contributed by atoms with Gasteiger partial charge >= 0.3 is 11.9 Å². The highest BCUT2D eigenvalue weighted by molar-refractivity contribution is 6.13. The van der Waals surface area contributed by atoms with Gasteiger partial charge in [0.1, 0.15) is 0 Å². The van der Waals surface area contributed by atoms with Crippen LogP contribution in [0, 0.1) is 11.8 Å². The van der Waals surface area contributed by atoms with Gasteiger partial charge in [0, 0.05) is 37.3 Å². The molecule has 3 rings (SSSR count). The summed E-state index contributed by atoms with van der Waals surface area (Å²) in [6, 6.07) is 0. The number of esters is 1. The summed E-state index contributed by atoms with van der Waals surface area (Å²) in [5.41, 5.74) is 0. The summed E-state index contributed by atoms with van der Waals surface area (Å²) in [5, 5.41) is 0.427. The summed E-state index contributed by atoms with van der Waals surface area (Å²) >= 11 is 0. The average molecular weight is 446 g/mol. The van der Waals surface area contributed by atoms with Crippen LogP contribution in [0.2, 0.25) is 0 Å². The maximum atomic E-state index is 12.2. The summed E-state index contributed by atoms with van der Waals surface area (Å²) in [6.07, 6.45) is 9.22. The smallest absolute Gasteiger partial charge is 0.333 e. The number of hydrogen-bond acceptors (Lipinski definition) is 8. The maximum Gasteiger partial charge on any atom is 0.333 e. The zero-order chi connectivity index (χ0) is 23.1. The van der Waals surface area contributed by atoms with E-state index in [1.54, 1.807) is 0 Å². The molecule has 4 amide bonds. The molecular weight excluding hydrogens is 420 g/mol. The zero-order valence-corrected chi connectivity index (χ0v) is 17.7. The Hall–Kier alpha value is -3.30. The molecule has 0 radical (unpaired) electrons.